The van der Waals surface area contributed by atoms with Gasteiger partial charge in [-0.15, -0.1) is 0 Å². The Balaban J connectivity index is 1.77. The molecule has 1 aromatic carbocycles. The van der Waals surface area contributed by atoms with Gasteiger partial charge in [-0.1, -0.05) is 45.7 Å². The van der Waals surface area contributed by atoms with Gasteiger partial charge in [-0.2, -0.15) is 0 Å². The summed E-state index contributed by atoms with van der Waals surface area (Å²) >= 11 is 0. The molecule has 1 saturated carbocycles. The van der Waals surface area contributed by atoms with E-state index in [4.69, 9.17) is 10.5 Å². The second-order valence-electron chi connectivity index (χ2n) is 7.10. The molecule has 23 heavy (non-hydrogen) atoms. The van der Waals surface area contributed by atoms with Gasteiger partial charge in [0.25, 0.3) is 0 Å². The van der Waals surface area contributed by atoms with Crippen LogP contribution >= 0.6 is 0 Å². The summed E-state index contributed by atoms with van der Waals surface area (Å²) in [6, 6.07) is 7.53. The minimum Gasteiger partial charge on any atom is -0.399 e. The Labute approximate surface area is 139 Å². The van der Waals surface area contributed by atoms with Crippen molar-refractivity contribution in [2.24, 2.45) is 17.8 Å². The monoisotopic (exact) mass is 318 g/mol. The summed E-state index contributed by atoms with van der Waals surface area (Å²) in [6.45, 7) is 7.47. The maximum Gasteiger partial charge on any atom is 0.246 e. The fourth-order valence-electron chi connectivity index (χ4n) is 3.74. The van der Waals surface area contributed by atoms with Crippen LogP contribution in [0.1, 0.15) is 45.6 Å². The third-order valence-electron chi connectivity index (χ3n) is 4.90. The predicted octanol–water partition coefficient (Wildman–Crippen LogP) is 3.36. The molecule has 0 heterocycles. The Bertz CT molecular complexity index is 499. The van der Waals surface area contributed by atoms with E-state index >= 15 is 0 Å². The van der Waals surface area contributed by atoms with E-state index in [9.17, 15) is 4.79 Å². The van der Waals surface area contributed by atoms with Gasteiger partial charge in [0, 0.05) is 12.2 Å². The van der Waals surface area contributed by atoms with Crippen LogP contribution in [0.4, 0.5) is 5.69 Å². The Kier molecular flexibility index (Phi) is 6.46. The summed E-state index contributed by atoms with van der Waals surface area (Å²) in [4.78, 5) is 12.0. The first-order chi connectivity index (χ1) is 11.0. The van der Waals surface area contributed by atoms with Gasteiger partial charge in [0.1, 0.15) is 6.61 Å². The van der Waals surface area contributed by atoms with Crippen molar-refractivity contribution in [2.75, 3.05) is 12.3 Å². The lowest BCUT2D eigenvalue weighted by Gasteiger charge is -2.38. The molecule has 1 aromatic rings. The quantitative estimate of drug-likeness (QED) is 0.791. The van der Waals surface area contributed by atoms with Crippen molar-refractivity contribution in [3.8, 4) is 0 Å². The first-order valence-corrected chi connectivity index (χ1v) is 8.70. The van der Waals surface area contributed by atoms with E-state index in [1.54, 1.807) is 0 Å². The van der Waals surface area contributed by atoms with Gasteiger partial charge in [0.15, 0.2) is 0 Å². The molecule has 3 atom stereocenters. The molecule has 2 rings (SSSR count). The van der Waals surface area contributed by atoms with Crippen molar-refractivity contribution in [1.29, 1.82) is 0 Å². The molecule has 1 aliphatic carbocycles. The van der Waals surface area contributed by atoms with E-state index in [0.29, 0.717) is 24.3 Å². The molecule has 0 aliphatic heterocycles. The summed E-state index contributed by atoms with van der Waals surface area (Å²) < 4.78 is 5.96. The maximum atomic E-state index is 12.0. The molecule has 0 bridgehead atoms. The molecule has 0 saturated heterocycles. The first kappa shape index (κ1) is 17.8. The number of amides is 1. The zero-order valence-corrected chi connectivity index (χ0v) is 14.5. The first-order valence-electron chi connectivity index (χ1n) is 8.70. The van der Waals surface area contributed by atoms with E-state index in [1.807, 2.05) is 24.3 Å². The number of nitrogen functional groups attached to an aromatic ring is 1. The van der Waals surface area contributed by atoms with Gasteiger partial charge in [-0.25, -0.2) is 0 Å². The summed E-state index contributed by atoms with van der Waals surface area (Å²) in [5.41, 5.74) is 7.43. The fourth-order valence-corrected chi connectivity index (χ4v) is 3.74. The van der Waals surface area contributed by atoms with Crippen molar-refractivity contribution in [3.63, 3.8) is 0 Å². The molecule has 0 aromatic heterocycles. The third kappa shape index (κ3) is 5.24. The van der Waals surface area contributed by atoms with Crippen molar-refractivity contribution < 1.29 is 9.53 Å². The summed E-state index contributed by atoms with van der Waals surface area (Å²) in [6.07, 6.45) is 3.74. The van der Waals surface area contributed by atoms with Crippen LogP contribution in [0.15, 0.2) is 24.3 Å². The highest BCUT2D eigenvalue weighted by atomic mass is 16.5. The van der Waals surface area contributed by atoms with Gasteiger partial charge in [-0.3, -0.25) is 4.79 Å². The van der Waals surface area contributed by atoms with Crippen LogP contribution in [0.25, 0.3) is 0 Å². The van der Waals surface area contributed by atoms with Gasteiger partial charge >= 0.3 is 0 Å². The van der Waals surface area contributed by atoms with E-state index < -0.39 is 0 Å². The highest BCUT2D eigenvalue weighted by Crippen LogP contribution is 2.36. The summed E-state index contributed by atoms with van der Waals surface area (Å²) in [5, 5.41) is 2.91. The SMILES string of the molecule is CC(C)C1C(C)CCCC1OCC(=O)NCc1ccc(N)cc1. The van der Waals surface area contributed by atoms with Crippen molar-refractivity contribution in [3.05, 3.63) is 29.8 Å². The number of carbonyl (C=O) groups excluding carboxylic acids is 1. The Morgan fingerprint density at radius 2 is 2.00 bits per heavy atom. The molecule has 1 aliphatic rings. The van der Waals surface area contributed by atoms with E-state index in [0.717, 1.165) is 17.7 Å². The van der Waals surface area contributed by atoms with Crippen LogP contribution in [0, 0.1) is 17.8 Å². The van der Waals surface area contributed by atoms with Crippen LogP contribution in [0.3, 0.4) is 0 Å². The zero-order chi connectivity index (χ0) is 16.8. The molecule has 3 N–H and O–H groups in total. The number of hydrogen-bond acceptors (Lipinski definition) is 3. The minimum atomic E-state index is -0.0532. The Morgan fingerprint density at radius 3 is 2.65 bits per heavy atom. The molecule has 0 radical (unpaired) electrons. The van der Waals surface area contributed by atoms with Gasteiger partial charge in [0.2, 0.25) is 5.91 Å². The largest absolute Gasteiger partial charge is 0.399 e. The van der Waals surface area contributed by atoms with Gasteiger partial charge in [0.05, 0.1) is 6.10 Å². The van der Waals surface area contributed by atoms with Crippen LogP contribution in [0.5, 0.6) is 0 Å². The number of benzene rings is 1. The predicted molar refractivity (Wildman–Crippen MR) is 93.8 cm³/mol. The topological polar surface area (TPSA) is 64.3 Å². The highest BCUT2D eigenvalue weighted by Gasteiger charge is 2.33. The van der Waals surface area contributed by atoms with Crippen LogP contribution in [0.2, 0.25) is 0 Å². The Morgan fingerprint density at radius 1 is 1.30 bits per heavy atom. The average Bonchev–Trinajstić information content (AvgIpc) is 2.52. The number of anilines is 1. The number of nitrogens with two attached hydrogens (primary N) is 1. The smallest absolute Gasteiger partial charge is 0.246 e. The zero-order valence-electron chi connectivity index (χ0n) is 14.5. The third-order valence-corrected chi connectivity index (χ3v) is 4.90. The molecule has 4 nitrogen and oxygen atoms in total. The summed E-state index contributed by atoms with van der Waals surface area (Å²) in [7, 11) is 0. The molecule has 3 unspecified atom stereocenters. The van der Waals surface area contributed by atoms with E-state index in [1.165, 1.54) is 12.8 Å². The van der Waals surface area contributed by atoms with Crippen molar-refractivity contribution in [1.82, 2.24) is 5.32 Å². The van der Waals surface area contributed by atoms with Crippen molar-refractivity contribution in [2.45, 2.75) is 52.7 Å². The number of ether oxygens (including phenoxy) is 1. The maximum absolute atomic E-state index is 12.0. The number of nitrogens with one attached hydrogen (secondary N) is 1. The van der Waals surface area contributed by atoms with E-state index in [-0.39, 0.29) is 18.6 Å². The van der Waals surface area contributed by atoms with Crippen LogP contribution < -0.4 is 11.1 Å². The summed E-state index contributed by atoms with van der Waals surface area (Å²) in [5.74, 6) is 1.76. The second-order valence-corrected chi connectivity index (χ2v) is 7.10. The lowest BCUT2D eigenvalue weighted by molar-refractivity contribution is -0.132. The fraction of sp³-hybridized carbons (Fsp3) is 0.632. The van der Waals surface area contributed by atoms with Gasteiger partial charge in [-0.05, 0) is 41.9 Å². The number of rotatable bonds is 6. The number of carbonyl (C=O) groups is 1. The number of hydrogen-bond donors (Lipinski definition) is 2. The minimum absolute atomic E-state index is 0.0532. The average molecular weight is 318 g/mol. The highest BCUT2D eigenvalue weighted by molar-refractivity contribution is 5.77. The molecule has 128 valence electrons. The lowest BCUT2D eigenvalue weighted by atomic mass is 9.72. The Hall–Kier alpha value is -1.55. The molecule has 1 fully saturated rings. The second kappa shape index (κ2) is 8.34. The normalized spacial score (nSPS) is 24.6. The van der Waals surface area contributed by atoms with Crippen molar-refractivity contribution >= 4 is 11.6 Å². The standard InChI is InChI=1S/C19H30N2O2/c1-13(2)19-14(3)5-4-6-17(19)23-12-18(22)21-11-15-7-9-16(20)10-8-15/h7-10,13-14,17,19H,4-6,11-12,20H2,1-3H3,(H,21,22). The molecule has 0 spiro atoms. The van der Waals surface area contributed by atoms with Gasteiger partial charge < -0.3 is 15.8 Å². The lowest BCUT2D eigenvalue weighted by Crippen LogP contribution is -2.39. The molecular weight excluding hydrogens is 288 g/mol. The molecular formula is C19H30N2O2. The van der Waals surface area contributed by atoms with E-state index in [2.05, 4.69) is 26.1 Å². The van der Waals surface area contributed by atoms with Crippen LogP contribution in [-0.4, -0.2) is 18.6 Å². The molecule has 1 amide bonds. The molecule has 4 heteroatoms. The van der Waals surface area contributed by atoms with Crippen LogP contribution in [-0.2, 0) is 16.1 Å².